The van der Waals surface area contributed by atoms with Crippen LogP contribution in [-0.4, -0.2) is 65.2 Å². The lowest BCUT2D eigenvalue weighted by Crippen LogP contribution is -2.51. The number of piperazine rings is 1. The molecular formula is C12H23N3O2. The number of carboxylic acids is 1. The minimum Gasteiger partial charge on any atom is -0.480 e. The molecule has 1 saturated heterocycles. The van der Waals surface area contributed by atoms with Crippen molar-refractivity contribution in [2.75, 3.05) is 32.7 Å². The van der Waals surface area contributed by atoms with Crippen molar-refractivity contribution in [1.82, 2.24) is 9.80 Å². The Morgan fingerprint density at radius 2 is 2.06 bits per heavy atom. The fourth-order valence-electron chi connectivity index (χ4n) is 3.00. The Kier molecular flexibility index (Phi) is 3.70. The van der Waals surface area contributed by atoms with Crippen LogP contribution in [0.3, 0.4) is 0 Å². The van der Waals surface area contributed by atoms with Crippen LogP contribution < -0.4 is 5.73 Å². The van der Waals surface area contributed by atoms with Crippen molar-refractivity contribution in [3.8, 4) is 0 Å². The van der Waals surface area contributed by atoms with Gasteiger partial charge in [0.15, 0.2) is 0 Å². The van der Waals surface area contributed by atoms with Crippen molar-refractivity contribution < 1.29 is 9.90 Å². The molecular weight excluding hydrogens is 218 g/mol. The van der Waals surface area contributed by atoms with Gasteiger partial charge in [-0.2, -0.15) is 0 Å². The average molecular weight is 241 g/mol. The normalized spacial score (nSPS) is 36.2. The van der Waals surface area contributed by atoms with E-state index in [9.17, 15) is 4.79 Å². The van der Waals surface area contributed by atoms with Crippen LogP contribution in [0.15, 0.2) is 0 Å². The molecule has 0 bridgehead atoms. The lowest BCUT2D eigenvalue weighted by atomic mass is 9.99. The van der Waals surface area contributed by atoms with E-state index in [2.05, 4.69) is 16.7 Å². The summed E-state index contributed by atoms with van der Waals surface area (Å²) in [5.41, 5.74) is 4.94. The summed E-state index contributed by atoms with van der Waals surface area (Å²) in [4.78, 5) is 15.9. The standard InChI is InChI=1S/C12H23N3O2/c1-2-14-5-7-15(8-6-14)10-3-4-12(13,9-10)11(16)17/h10H,2-9,13H2,1H3,(H,16,17). The number of nitrogens with zero attached hydrogens (tertiary/aromatic N) is 2. The van der Waals surface area contributed by atoms with Crippen LogP contribution >= 0.6 is 0 Å². The second-order valence-electron chi connectivity index (χ2n) is 5.33. The highest BCUT2D eigenvalue weighted by atomic mass is 16.4. The van der Waals surface area contributed by atoms with Gasteiger partial charge < -0.3 is 15.7 Å². The first-order chi connectivity index (χ1) is 8.05. The van der Waals surface area contributed by atoms with Gasteiger partial charge >= 0.3 is 5.97 Å². The summed E-state index contributed by atoms with van der Waals surface area (Å²) in [5, 5.41) is 9.12. The SMILES string of the molecule is CCN1CCN(C2CCC(N)(C(=O)O)C2)CC1. The molecule has 1 aliphatic heterocycles. The summed E-state index contributed by atoms with van der Waals surface area (Å²) in [7, 11) is 0. The van der Waals surface area contributed by atoms with Gasteiger partial charge in [0.05, 0.1) is 0 Å². The Labute approximate surface area is 103 Å². The minimum atomic E-state index is -0.980. The number of hydrogen-bond donors (Lipinski definition) is 2. The van der Waals surface area contributed by atoms with Gasteiger partial charge in [-0.05, 0) is 25.8 Å². The first kappa shape index (κ1) is 12.8. The molecule has 0 aromatic carbocycles. The summed E-state index contributed by atoms with van der Waals surface area (Å²) in [6.07, 6.45) is 2.14. The number of likely N-dealkylation sites (N-methyl/N-ethyl adjacent to an activating group) is 1. The minimum absolute atomic E-state index is 0.370. The molecule has 0 spiro atoms. The van der Waals surface area contributed by atoms with E-state index in [1.165, 1.54) is 0 Å². The first-order valence-electron chi connectivity index (χ1n) is 6.54. The monoisotopic (exact) mass is 241 g/mol. The van der Waals surface area contributed by atoms with E-state index in [1.807, 2.05) is 0 Å². The van der Waals surface area contributed by atoms with Crippen LogP contribution in [0.25, 0.3) is 0 Å². The summed E-state index contributed by atoms with van der Waals surface area (Å²) in [6, 6.07) is 0.370. The Bertz CT molecular complexity index is 289. The number of rotatable bonds is 3. The molecule has 0 aromatic rings. The molecule has 98 valence electrons. The highest BCUT2D eigenvalue weighted by Gasteiger charge is 2.44. The van der Waals surface area contributed by atoms with Crippen LogP contribution in [0.1, 0.15) is 26.2 Å². The summed E-state index contributed by atoms with van der Waals surface area (Å²) < 4.78 is 0. The third-order valence-corrected chi connectivity index (χ3v) is 4.32. The molecule has 3 N–H and O–H groups in total. The highest BCUT2D eigenvalue weighted by Crippen LogP contribution is 2.31. The third-order valence-electron chi connectivity index (χ3n) is 4.32. The Balaban J connectivity index is 1.87. The zero-order valence-electron chi connectivity index (χ0n) is 10.6. The molecule has 5 nitrogen and oxygen atoms in total. The fraction of sp³-hybridized carbons (Fsp3) is 0.917. The molecule has 5 heteroatoms. The van der Waals surface area contributed by atoms with Gasteiger partial charge in [-0.25, -0.2) is 0 Å². The van der Waals surface area contributed by atoms with Crippen LogP contribution in [0.5, 0.6) is 0 Å². The first-order valence-corrected chi connectivity index (χ1v) is 6.54. The smallest absolute Gasteiger partial charge is 0.323 e. The number of carboxylic acid groups (broad SMARTS) is 1. The van der Waals surface area contributed by atoms with E-state index in [0.29, 0.717) is 18.9 Å². The molecule has 17 heavy (non-hydrogen) atoms. The maximum Gasteiger partial charge on any atom is 0.323 e. The molecule has 1 saturated carbocycles. The number of aliphatic carboxylic acids is 1. The lowest BCUT2D eigenvalue weighted by molar-refractivity contribution is -0.143. The Morgan fingerprint density at radius 1 is 1.41 bits per heavy atom. The molecule has 2 rings (SSSR count). The summed E-state index contributed by atoms with van der Waals surface area (Å²) >= 11 is 0. The quantitative estimate of drug-likeness (QED) is 0.725. The van der Waals surface area contributed by atoms with Crippen LogP contribution in [-0.2, 0) is 4.79 Å². The van der Waals surface area contributed by atoms with Gasteiger partial charge in [-0.15, -0.1) is 0 Å². The van der Waals surface area contributed by atoms with E-state index in [1.54, 1.807) is 0 Å². The van der Waals surface area contributed by atoms with Gasteiger partial charge in [-0.3, -0.25) is 9.69 Å². The summed E-state index contributed by atoms with van der Waals surface area (Å²) in [5.74, 6) is -0.841. The van der Waals surface area contributed by atoms with Crippen LogP contribution in [0, 0.1) is 0 Å². The molecule has 0 radical (unpaired) electrons. The van der Waals surface area contributed by atoms with E-state index in [4.69, 9.17) is 10.8 Å². The van der Waals surface area contributed by atoms with Crippen LogP contribution in [0.2, 0.25) is 0 Å². The van der Waals surface area contributed by atoms with E-state index < -0.39 is 11.5 Å². The van der Waals surface area contributed by atoms with Crippen molar-refractivity contribution in [2.24, 2.45) is 5.73 Å². The maximum absolute atomic E-state index is 11.1. The molecule has 2 atom stereocenters. The Hall–Kier alpha value is -0.650. The highest BCUT2D eigenvalue weighted by molar-refractivity contribution is 5.79. The average Bonchev–Trinajstić information content (AvgIpc) is 2.74. The van der Waals surface area contributed by atoms with Gasteiger partial charge in [0, 0.05) is 32.2 Å². The van der Waals surface area contributed by atoms with Crippen molar-refractivity contribution >= 4 is 5.97 Å². The number of carbonyl (C=O) groups is 1. The summed E-state index contributed by atoms with van der Waals surface area (Å²) in [6.45, 7) is 7.58. The number of nitrogens with two attached hydrogens (primary N) is 1. The zero-order chi connectivity index (χ0) is 12.5. The third kappa shape index (κ3) is 2.61. The topological polar surface area (TPSA) is 69.8 Å². The Morgan fingerprint density at radius 3 is 2.53 bits per heavy atom. The second kappa shape index (κ2) is 4.92. The van der Waals surface area contributed by atoms with E-state index in [0.717, 1.165) is 39.1 Å². The molecule has 1 aliphatic carbocycles. The number of hydrogen-bond acceptors (Lipinski definition) is 4. The van der Waals surface area contributed by atoms with Gasteiger partial charge in [-0.1, -0.05) is 6.92 Å². The van der Waals surface area contributed by atoms with E-state index in [-0.39, 0.29) is 0 Å². The molecule has 2 unspecified atom stereocenters. The van der Waals surface area contributed by atoms with Crippen LogP contribution in [0.4, 0.5) is 0 Å². The van der Waals surface area contributed by atoms with Crippen molar-refractivity contribution in [3.05, 3.63) is 0 Å². The maximum atomic E-state index is 11.1. The van der Waals surface area contributed by atoms with Gasteiger partial charge in [0.1, 0.15) is 5.54 Å². The second-order valence-corrected chi connectivity index (χ2v) is 5.33. The predicted molar refractivity (Wildman–Crippen MR) is 65.9 cm³/mol. The molecule has 1 heterocycles. The fourth-order valence-corrected chi connectivity index (χ4v) is 3.00. The zero-order valence-corrected chi connectivity index (χ0v) is 10.6. The van der Waals surface area contributed by atoms with Crippen molar-refractivity contribution in [3.63, 3.8) is 0 Å². The van der Waals surface area contributed by atoms with E-state index >= 15 is 0 Å². The van der Waals surface area contributed by atoms with Crippen molar-refractivity contribution in [1.29, 1.82) is 0 Å². The largest absolute Gasteiger partial charge is 0.480 e. The molecule has 2 fully saturated rings. The molecule has 0 amide bonds. The lowest BCUT2D eigenvalue weighted by Gasteiger charge is -2.37. The van der Waals surface area contributed by atoms with Gasteiger partial charge in [0.25, 0.3) is 0 Å². The predicted octanol–water partition coefficient (Wildman–Crippen LogP) is -0.0415. The van der Waals surface area contributed by atoms with Crippen molar-refractivity contribution in [2.45, 2.75) is 37.8 Å². The van der Waals surface area contributed by atoms with Gasteiger partial charge in [0.2, 0.25) is 0 Å². The molecule has 0 aromatic heterocycles. The molecule has 2 aliphatic rings.